The van der Waals surface area contributed by atoms with Crippen LogP contribution in [-0.4, -0.2) is 62.4 Å². The first-order valence-corrected chi connectivity index (χ1v) is 7.31. The second kappa shape index (κ2) is 4.79. The van der Waals surface area contributed by atoms with E-state index in [0.717, 1.165) is 12.8 Å². The maximum Gasteiger partial charge on any atom is 0.293 e. The smallest absolute Gasteiger partial charge is 0.293 e. The molecule has 2 atom stereocenters. The van der Waals surface area contributed by atoms with Gasteiger partial charge in [0.25, 0.3) is 11.8 Å². The van der Waals surface area contributed by atoms with E-state index < -0.39 is 0 Å². The van der Waals surface area contributed by atoms with Crippen LogP contribution < -0.4 is 5.32 Å². The number of fused-ring (bicyclic) bond motifs is 1. The van der Waals surface area contributed by atoms with E-state index in [4.69, 9.17) is 4.84 Å². The highest BCUT2D eigenvalue weighted by molar-refractivity contribution is 6.40. The highest BCUT2D eigenvalue weighted by Gasteiger charge is 2.47. The molecule has 2 aliphatic heterocycles. The molecule has 9 heteroatoms. The first-order chi connectivity index (χ1) is 10.6. The summed E-state index contributed by atoms with van der Waals surface area (Å²) < 4.78 is 1.48. The van der Waals surface area contributed by atoms with Gasteiger partial charge in [-0.15, -0.1) is 5.10 Å². The van der Waals surface area contributed by atoms with Crippen LogP contribution >= 0.6 is 0 Å². The van der Waals surface area contributed by atoms with Crippen LogP contribution in [0.15, 0.2) is 11.5 Å². The number of nitrogens with one attached hydrogen (secondary N) is 1. The van der Waals surface area contributed by atoms with E-state index in [2.05, 4.69) is 20.6 Å². The Morgan fingerprint density at radius 2 is 2.18 bits per heavy atom. The van der Waals surface area contributed by atoms with Gasteiger partial charge in [0, 0.05) is 19.6 Å². The number of aromatic nitrogens is 3. The Morgan fingerprint density at radius 1 is 1.36 bits per heavy atom. The summed E-state index contributed by atoms with van der Waals surface area (Å²) in [7, 11) is 1.71. The molecule has 4 rings (SSSR count). The molecule has 1 saturated carbocycles. The van der Waals surface area contributed by atoms with Crippen molar-refractivity contribution in [1.82, 2.24) is 25.0 Å². The van der Waals surface area contributed by atoms with E-state index in [1.807, 2.05) is 0 Å². The minimum absolute atomic E-state index is 0.156. The largest absolute Gasteiger partial charge is 0.389 e. The monoisotopic (exact) mass is 304 g/mol. The number of amides is 2. The van der Waals surface area contributed by atoms with E-state index in [9.17, 15) is 9.59 Å². The molecule has 0 radical (unpaired) electrons. The zero-order valence-corrected chi connectivity index (χ0v) is 12.1. The number of carbonyl (C=O) groups is 2. The molecule has 22 heavy (non-hydrogen) atoms. The third kappa shape index (κ3) is 2.22. The Labute approximate surface area is 126 Å². The zero-order valence-electron chi connectivity index (χ0n) is 12.1. The number of hydrogen-bond acceptors (Lipinski definition) is 6. The number of aryl methyl sites for hydroxylation is 1. The van der Waals surface area contributed by atoms with Crippen LogP contribution in [0.25, 0.3) is 0 Å². The fraction of sp³-hybridized carbons (Fsp3) is 0.615. The molecule has 116 valence electrons. The summed E-state index contributed by atoms with van der Waals surface area (Å²) in [5.41, 5.74) is 0.390. The lowest BCUT2D eigenvalue weighted by Gasteiger charge is -2.14. The number of oxime groups is 1. The quantitative estimate of drug-likeness (QED) is 0.765. The van der Waals surface area contributed by atoms with Gasteiger partial charge in [-0.3, -0.25) is 14.3 Å². The molecule has 0 unspecified atom stereocenters. The van der Waals surface area contributed by atoms with Gasteiger partial charge in [0.05, 0.1) is 12.5 Å². The standard InChI is InChI=1S/C13H16N6O3/c1-18-6-14-11(16-18)13(21)19-4-8-9(5-19)22-17-10(8)12(20)15-7-2-3-7/h6-9H,2-5H2,1H3,(H,15,20)/t8-,9+/m0/s1. The van der Waals surface area contributed by atoms with Crippen LogP contribution in [0.3, 0.4) is 0 Å². The van der Waals surface area contributed by atoms with Crippen molar-refractivity contribution in [3.63, 3.8) is 0 Å². The summed E-state index contributed by atoms with van der Waals surface area (Å²) in [5.74, 6) is -0.449. The fourth-order valence-corrected chi connectivity index (χ4v) is 2.78. The van der Waals surface area contributed by atoms with Crippen molar-refractivity contribution in [3.8, 4) is 0 Å². The first-order valence-electron chi connectivity index (χ1n) is 7.31. The van der Waals surface area contributed by atoms with Gasteiger partial charge in [-0.05, 0) is 12.8 Å². The molecule has 1 N–H and O–H groups in total. The summed E-state index contributed by atoms with van der Waals surface area (Å²) in [5, 5.41) is 10.8. The third-order valence-electron chi connectivity index (χ3n) is 4.13. The molecule has 2 fully saturated rings. The molecular formula is C13H16N6O3. The summed E-state index contributed by atoms with van der Waals surface area (Å²) in [6, 6.07) is 0.270. The van der Waals surface area contributed by atoms with E-state index in [-0.39, 0.29) is 35.7 Å². The van der Waals surface area contributed by atoms with E-state index in [1.54, 1.807) is 11.9 Å². The van der Waals surface area contributed by atoms with Crippen molar-refractivity contribution >= 4 is 17.5 Å². The van der Waals surface area contributed by atoms with Crippen molar-refractivity contribution in [2.45, 2.75) is 25.0 Å². The minimum Gasteiger partial charge on any atom is -0.389 e. The second-order valence-electron chi connectivity index (χ2n) is 5.93. The van der Waals surface area contributed by atoms with Gasteiger partial charge in [-0.1, -0.05) is 5.16 Å². The molecule has 3 aliphatic rings. The predicted molar refractivity (Wildman–Crippen MR) is 73.9 cm³/mol. The average Bonchev–Trinajstić information content (AvgIpc) is 2.89. The summed E-state index contributed by atoms with van der Waals surface area (Å²) in [6.45, 7) is 0.796. The Morgan fingerprint density at radius 3 is 2.86 bits per heavy atom. The van der Waals surface area contributed by atoms with Crippen molar-refractivity contribution in [2.24, 2.45) is 18.1 Å². The lowest BCUT2D eigenvalue weighted by molar-refractivity contribution is -0.115. The van der Waals surface area contributed by atoms with Gasteiger partial charge in [-0.25, -0.2) is 4.98 Å². The third-order valence-corrected chi connectivity index (χ3v) is 4.13. The van der Waals surface area contributed by atoms with Crippen LogP contribution in [0.1, 0.15) is 23.5 Å². The fourth-order valence-electron chi connectivity index (χ4n) is 2.78. The van der Waals surface area contributed by atoms with Crippen molar-refractivity contribution in [3.05, 3.63) is 12.2 Å². The van der Waals surface area contributed by atoms with E-state index in [1.165, 1.54) is 11.0 Å². The first kappa shape index (κ1) is 13.2. The summed E-state index contributed by atoms with van der Waals surface area (Å²) >= 11 is 0. The van der Waals surface area contributed by atoms with Crippen molar-refractivity contribution in [2.75, 3.05) is 13.1 Å². The van der Waals surface area contributed by atoms with Gasteiger partial charge in [0.2, 0.25) is 5.82 Å². The van der Waals surface area contributed by atoms with E-state index in [0.29, 0.717) is 18.8 Å². The summed E-state index contributed by atoms with van der Waals surface area (Å²) in [4.78, 5) is 35.4. The van der Waals surface area contributed by atoms with Gasteiger partial charge in [0.15, 0.2) is 11.8 Å². The molecule has 1 aliphatic carbocycles. The molecule has 0 aromatic carbocycles. The molecule has 0 spiro atoms. The molecule has 2 amide bonds. The topological polar surface area (TPSA) is 102 Å². The van der Waals surface area contributed by atoms with E-state index >= 15 is 0 Å². The number of hydrogen-bond donors (Lipinski definition) is 1. The zero-order chi connectivity index (χ0) is 15.3. The van der Waals surface area contributed by atoms with Gasteiger partial charge >= 0.3 is 0 Å². The Bertz CT molecular complexity index is 664. The van der Waals surface area contributed by atoms with Crippen molar-refractivity contribution in [1.29, 1.82) is 0 Å². The van der Waals surface area contributed by atoms with Gasteiger partial charge in [0.1, 0.15) is 6.33 Å². The minimum atomic E-state index is -0.257. The summed E-state index contributed by atoms with van der Waals surface area (Å²) in [6.07, 6.45) is 3.26. The molecule has 3 heterocycles. The lowest BCUT2D eigenvalue weighted by atomic mass is 10.0. The van der Waals surface area contributed by atoms with Crippen LogP contribution in [-0.2, 0) is 16.7 Å². The highest BCUT2D eigenvalue weighted by Crippen LogP contribution is 2.28. The van der Waals surface area contributed by atoms with Crippen molar-refractivity contribution < 1.29 is 14.4 Å². The Hall–Kier alpha value is -2.45. The number of likely N-dealkylation sites (tertiary alicyclic amines) is 1. The second-order valence-corrected chi connectivity index (χ2v) is 5.93. The Balaban J connectivity index is 1.44. The SMILES string of the molecule is Cn1cnc(C(=O)N2C[C@@H]3C(C(=O)NC4CC4)=NO[C@@H]3C2)n1. The number of nitrogens with zero attached hydrogens (tertiary/aromatic N) is 5. The predicted octanol–water partition coefficient (Wildman–Crippen LogP) is -1.08. The van der Waals surface area contributed by atoms with Gasteiger partial charge in [-0.2, -0.15) is 0 Å². The molecule has 1 saturated heterocycles. The van der Waals surface area contributed by atoms with Crippen LogP contribution in [0, 0.1) is 5.92 Å². The maximum atomic E-state index is 12.3. The molecule has 1 aromatic heterocycles. The van der Waals surface area contributed by atoms with Crippen LogP contribution in [0.5, 0.6) is 0 Å². The number of rotatable bonds is 3. The lowest BCUT2D eigenvalue weighted by Crippen LogP contribution is -2.38. The molecular weight excluding hydrogens is 288 g/mol. The molecule has 9 nitrogen and oxygen atoms in total. The molecule has 1 aromatic rings. The van der Waals surface area contributed by atoms with Crippen LogP contribution in [0.2, 0.25) is 0 Å². The maximum absolute atomic E-state index is 12.3. The highest BCUT2D eigenvalue weighted by atomic mass is 16.6. The Kier molecular flexibility index (Phi) is 2.88. The molecule has 0 bridgehead atoms. The normalized spacial score (nSPS) is 26.4. The number of carbonyl (C=O) groups excluding carboxylic acids is 2. The van der Waals surface area contributed by atoms with Crippen LogP contribution in [0.4, 0.5) is 0 Å². The average molecular weight is 304 g/mol. The van der Waals surface area contributed by atoms with Gasteiger partial charge < -0.3 is 15.1 Å².